The number of rotatable bonds is 6. The third-order valence-corrected chi connectivity index (χ3v) is 15.1. The van der Waals surface area contributed by atoms with Gasteiger partial charge < -0.3 is 18.1 Å². The lowest BCUT2D eigenvalue weighted by molar-refractivity contribution is 0.170. The van der Waals surface area contributed by atoms with Crippen LogP contribution in [0.15, 0.2) is 239 Å². The number of para-hydroxylation sites is 3. The van der Waals surface area contributed by atoms with Crippen LogP contribution in [0, 0.1) is 0 Å². The van der Waals surface area contributed by atoms with Gasteiger partial charge in [0.15, 0.2) is 0 Å². The number of nitrogens with zero attached hydrogens (tertiary/aromatic N) is 1. The van der Waals surface area contributed by atoms with Crippen molar-refractivity contribution in [3.05, 3.63) is 242 Å². The molecule has 0 saturated heterocycles. The topological polar surface area (TPSA) is 40.4 Å². The summed E-state index contributed by atoms with van der Waals surface area (Å²) in [5.74, 6) is 0.962. The number of aromatic nitrogens is 1. The first kappa shape index (κ1) is 39.8. The average Bonchev–Trinajstić information content (AvgIpc) is 4.18. The first-order valence-electron chi connectivity index (χ1n) is 24.4. The van der Waals surface area contributed by atoms with E-state index >= 15 is 0 Å². The fourth-order valence-corrected chi connectivity index (χ4v) is 11.8. The second kappa shape index (κ2) is 15.2. The van der Waals surface area contributed by atoms with Crippen molar-refractivity contribution in [3.8, 4) is 55.9 Å². The van der Waals surface area contributed by atoms with Crippen LogP contribution < -0.4 is 4.74 Å². The Balaban J connectivity index is 0.846. The number of fused-ring (bicyclic) bond motifs is 12. The van der Waals surface area contributed by atoms with Gasteiger partial charge in [-0.3, -0.25) is 0 Å². The molecule has 1 atom stereocenters. The molecule has 2 aliphatic rings. The summed E-state index contributed by atoms with van der Waals surface area (Å²) in [5, 5.41) is 6.96. The van der Waals surface area contributed by atoms with Crippen molar-refractivity contribution in [2.75, 3.05) is 0 Å². The van der Waals surface area contributed by atoms with Gasteiger partial charge in [0.1, 0.15) is 33.7 Å². The summed E-state index contributed by atoms with van der Waals surface area (Å²) < 4.78 is 21.5. The zero-order chi connectivity index (χ0) is 46.8. The molecule has 1 aliphatic heterocycles. The molecule has 4 heteroatoms. The minimum Gasteiger partial charge on any atom is -0.482 e. The Morgan fingerprint density at radius 3 is 1.45 bits per heavy atom. The van der Waals surface area contributed by atoms with E-state index in [0.717, 1.165) is 95.0 Å². The molecule has 0 unspecified atom stereocenters. The molecule has 10 aromatic carbocycles. The predicted octanol–water partition coefficient (Wildman–Crippen LogP) is 18.3. The van der Waals surface area contributed by atoms with E-state index in [1.165, 1.54) is 55.3 Å². The van der Waals surface area contributed by atoms with E-state index in [2.05, 4.69) is 218 Å². The Kier molecular flexibility index (Phi) is 8.52. The summed E-state index contributed by atoms with van der Waals surface area (Å²) >= 11 is 0. The summed E-state index contributed by atoms with van der Waals surface area (Å²) in [5.41, 5.74) is 20.8. The predicted molar refractivity (Wildman–Crippen MR) is 293 cm³/mol. The van der Waals surface area contributed by atoms with E-state index in [4.69, 9.17) is 13.6 Å². The van der Waals surface area contributed by atoms with E-state index < -0.39 is 0 Å². The fraction of sp³-hybridized carbons (Fsp3) is 0.0448. The molecule has 71 heavy (non-hydrogen) atoms. The molecule has 0 spiro atoms. The van der Waals surface area contributed by atoms with Crippen LogP contribution >= 0.6 is 0 Å². The number of allylic oxidation sites excluding steroid dienone is 2. The van der Waals surface area contributed by atoms with Crippen molar-refractivity contribution in [1.82, 2.24) is 4.57 Å². The third-order valence-electron chi connectivity index (χ3n) is 15.1. The number of hydrogen-bond acceptors (Lipinski definition) is 3. The van der Waals surface area contributed by atoms with Crippen LogP contribution in [-0.4, -0.2) is 10.2 Å². The molecule has 0 saturated carbocycles. The lowest BCUT2D eigenvalue weighted by Crippen LogP contribution is -2.30. The van der Waals surface area contributed by atoms with E-state index in [9.17, 15) is 0 Å². The lowest BCUT2D eigenvalue weighted by Gasteiger charge is -2.29. The van der Waals surface area contributed by atoms with Gasteiger partial charge in [0.2, 0.25) is 0 Å². The molecule has 334 valence electrons. The van der Waals surface area contributed by atoms with E-state index in [0.29, 0.717) is 0 Å². The van der Waals surface area contributed by atoms with Crippen molar-refractivity contribution in [1.29, 1.82) is 0 Å². The highest BCUT2D eigenvalue weighted by molar-refractivity contribution is 6.15. The van der Waals surface area contributed by atoms with Crippen LogP contribution in [0.5, 0.6) is 5.75 Å². The molecule has 13 aromatic rings. The molecule has 0 N–H and O–H groups in total. The quantitative estimate of drug-likeness (QED) is 0.167. The maximum atomic E-state index is 6.57. The summed E-state index contributed by atoms with van der Waals surface area (Å²) in [6.07, 6.45) is 5.38. The van der Waals surface area contributed by atoms with Crippen molar-refractivity contribution in [2.24, 2.45) is 0 Å². The number of hydrogen-bond donors (Lipinski definition) is 0. The highest BCUT2D eigenvalue weighted by atomic mass is 16.5. The van der Waals surface area contributed by atoms with Crippen molar-refractivity contribution >= 4 is 76.8 Å². The maximum absolute atomic E-state index is 6.57. The summed E-state index contributed by atoms with van der Waals surface area (Å²) in [6.45, 7) is 2.22. The molecule has 4 nitrogen and oxygen atoms in total. The van der Waals surface area contributed by atoms with Gasteiger partial charge in [-0.25, -0.2) is 0 Å². The van der Waals surface area contributed by atoms with Crippen molar-refractivity contribution < 1.29 is 13.6 Å². The smallest absolute Gasteiger partial charge is 0.136 e. The van der Waals surface area contributed by atoms with Gasteiger partial charge >= 0.3 is 0 Å². The van der Waals surface area contributed by atoms with Crippen LogP contribution in [0.2, 0.25) is 0 Å². The Bertz CT molecular complexity index is 4390. The van der Waals surface area contributed by atoms with Gasteiger partial charge in [-0.2, -0.15) is 0 Å². The zero-order valence-electron chi connectivity index (χ0n) is 38.8. The standard InChI is InChI=1S/C67H43NO3/c1-67-38-10-16-51(66(67)54-13-4-7-19-61(54)71-67)45-28-24-42(25-29-45)47-33-37-58-56(40-47)55-39-46(41-22-26-43(27-23-41)49-14-8-20-62-64(49)52-11-2-5-17-59(52)69-62)32-36-57(55)68(58)48-34-30-44(31-35-48)50-15-9-21-63-65(50)53-12-3-6-18-60(53)70-63/h2-37,39-40H,38H2,1H3/t67-/m0/s1. The molecule has 3 aromatic heterocycles. The Morgan fingerprint density at radius 1 is 0.394 bits per heavy atom. The van der Waals surface area contributed by atoms with E-state index in [-0.39, 0.29) is 5.60 Å². The van der Waals surface area contributed by atoms with Gasteiger partial charge in [-0.15, -0.1) is 0 Å². The Morgan fingerprint density at radius 2 is 0.859 bits per heavy atom. The van der Waals surface area contributed by atoms with Crippen LogP contribution in [0.1, 0.15) is 24.5 Å². The second-order valence-electron chi connectivity index (χ2n) is 19.3. The number of benzene rings is 10. The van der Waals surface area contributed by atoms with Gasteiger partial charge in [-0.05, 0) is 129 Å². The molecule has 0 fully saturated rings. The van der Waals surface area contributed by atoms with Gasteiger partial charge in [0.05, 0.1) is 11.0 Å². The molecule has 4 heterocycles. The minimum absolute atomic E-state index is 0.375. The molecule has 1 aliphatic carbocycles. The molecule has 0 radical (unpaired) electrons. The monoisotopic (exact) mass is 909 g/mol. The molecule has 0 bridgehead atoms. The first-order valence-corrected chi connectivity index (χ1v) is 24.4. The third kappa shape index (κ3) is 6.11. The van der Waals surface area contributed by atoms with Gasteiger partial charge in [0.25, 0.3) is 0 Å². The van der Waals surface area contributed by atoms with Crippen LogP contribution in [0.4, 0.5) is 0 Å². The number of furan rings is 2. The second-order valence-corrected chi connectivity index (χ2v) is 19.3. The SMILES string of the molecule is C[C@]12CC=CC(c3ccc(-c4ccc5c(c4)c4cc(-c6ccc(-c7cccc8oc9ccccc9c78)cc6)ccc4n5-c4ccc(-c5cccc6oc7ccccc7c56)cc4)cc3)=C1c1ccccc1O2. The van der Waals surface area contributed by atoms with Crippen molar-refractivity contribution in [2.45, 2.75) is 18.9 Å². The summed E-state index contributed by atoms with van der Waals surface area (Å²) in [7, 11) is 0. The Labute approximate surface area is 409 Å². The highest BCUT2D eigenvalue weighted by Gasteiger charge is 2.42. The van der Waals surface area contributed by atoms with E-state index in [1.807, 2.05) is 24.3 Å². The first-order chi connectivity index (χ1) is 35.0. The van der Waals surface area contributed by atoms with Gasteiger partial charge in [-0.1, -0.05) is 164 Å². The zero-order valence-corrected chi connectivity index (χ0v) is 38.8. The van der Waals surface area contributed by atoms with Crippen LogP contribution in [-0.2, 0) is 0 Å². The molecule has 0 amide bonds. The highest BCUT2D eigenvalue weighted by Crippen LogP contribution is 2.52. The summed E-state index contributed by atoms with van der Waals surface area (Å²) in [6, 6.07) is 78.7. The average molecular weight is 910 g/mol. The minimum atomic E-state index is -0.375. The number of ether oxygens (including phenoxy) is 1. The van der Waals surface area contributed by atoms with Crippen LogP contribution in [0.3, 0.4) is 0 Å². The van der Waals surface area contributed by atoms with E-state index in [1.54, 1.807) is 0 Å². The van der Waals surface area contributed by atoms with Gasteiger partial charge in [0, 0.05) is 55.6 Å². The van der Waals surface area contributed by atoms with Crippen molar-refractivity contribution in [3.63, 3.8) is 0 Å². The normalized spacial score (nSPS) is 15.4. The molecule has 15 rings (SSSR count). The van der Waals surface area contributed by atoms with Crippen LogP contribution in [0.25, 0.3) is 127 Å². The lowest BCUT2D eigenvalue weighted by atomic mass is 9.80. The molecular formula is C67H43NO3. The molecular weight excluding hydrogens is 867 g/mol. The Hall–Kier alpha value is -9.12. The largest absolute Gasteiger partial charge is 0.482 e. The maximum Gasteiger partial charge on any atom is 0.136 e. The fourth-order valence-electron chi connectivity index (χ4n) is 11.8. The summed E-state index contributed by atoms with van der Waals surface area (Å²) in [4.78, 5) is 0.